The van der Waals surface area contributed by atoms with E-state index in [9.17, 15) is 0 Å². The highest BCUT2D eigenvalue weighted by atomic mass is 35.5. The van der Waals surface area contributed by atoms with Gasteiger partial charge in [-0.1, -0.05) is 29.8 Å². The van der Waals surface area contributed by atoms with Gasteiger partial charge in [0.05, 0.1) is 5.02 Å². The Bertz CT molecular complexity index is 495. The summed E-state index contributed by atoms with van der Waals surface area (Å²) in [6.45, 7) is 1.97. The van der Waals surface area contributed by atoms with E-state index in [0.717, 1.165) is 16.7 Å². The predicted molar refractivity (Wildman–Crippen MR) is 67.3 cm³/mol. The fourth-order valence-corrected chi connectivity index (χ4v) is 1.83. The molecule has 82 valence electrons. The first-order valence-electron chi connectivity index (χ1n) is 5.14. The molecule has 0 aliphatic rings. The number of halogens is 1. The topological polar surface area (TPSA) is 38.9 Å². The van der Waals surface area contributed by atoms with Crippen molar-refractivity contribution in [2.45, 2.75) is 13.0 Å². The van der Waals surface area contributed by atoms with Crippen LogP contribution in [0.3, 0.4) is 0 Å². The number of pyridine rings is 1. The van der Waals surface area contributed by atoms with Crippen LogP contribution in [0, 0.1) is 0 Å². The highest BCUT2D eigenvalue weighted by molar-refractivity contribution is 6.33. The van der Waals surface area contributed by atoms with Crippen LogP contribution in [-0.2, 0) is 0 Å². The zero-order valence-electron chi connectivity index (χ0n) is 9.02. The van der Waals surface area contributed by atoms with Crippen LogP contribution >= 0.6 is 11.6 Å². The summed E-state index contributed by atoms with van der Waals surface area (Å²) in [4.78, 5) is 3.97. The fourth-order valence-electron chi connectivity index (χ4n) is 1.60. The van der Waals surface area contributed by atoms with Gasteiger partial charge in [0.2, 0.25) is 0 Å². The van der Waals surface area contributed by atoms with Gasteiger partial charge in [-0.3, -0.25) is 4.98 Å². The van der Waals surface area contributed by atoms with E-state index in [0.29, 0.717) is 5.02 Å². The SMILES string of the molecule is C[C@H](N)c1cccc(-c2ccncc2Cl)c1. The monoisotopic (exact) mass is 232 g/mol. The van der Waals surface area contributed by atoms with Gasteiger partial charge >= 0.3 is 0 Å². The molecule has 0 unspecified atom stereocenters. The van der Waals surface area contributed by atoms with Gasteiger partial charge in [0, 0.05) is 24.0 Å². The quantitative estimate of drug-likeness (QED) is 0.862. The zero-order valence-corrected chi connectivity index (χ0v) is 9.78. The van der Waals surface area contributed by atoms with Gasteiger partial charge < -0.3 is 5.73 Å². The molecule has 0 amide bonds. The van der Waals surface area contributed by atoms with Crippen molar-refractivity contribution in [1.82, 2.24) is 4.98 Å². The van der Waals surface area contributed by atoms with Crippen molar-refractivity contribution in [2.75, 3.05) is 0 Å². The lowest BCUT2D eigenvalue weighted by molar-refractivity contribution is 0.819. The summed E-state index contributed by atoms with van der Waals surface area (Å²) in [7, 11) is 0. The minimum absolute atomic E-state index is 0.0283. The molecule has 1 heterocycles. The second-order valence-electron chi connectivity index (χ2n) is 3.77. The lowest BCUT2D eigenvalue weighted by Gasteiger charge is -2.09. The van der Waals surface area contributed by atoms with Crippen molar-refractivity contribution < 1.29 is 0 Å². The molecule has 0 saturated heterocycles. The molecule has 0 spiro atoms. The van der Waals surface area contributed by atoms with E-state index in [4.69, 9.17) is 17.3 Å². The summed E-state index contributed by atoms with van der Waals surface area (Å²) in [5, 5.41) is 0.657. The van der Waals surface area contributed by atoms with Crippen LogP contribution in [0.1, 0.15) is 18.5 Å². The Hall–Kier alpha value is -1.38. The smallest absolute Gasteiger partial charge is 0.0667 e. The summed E-state index contributed by atoms with van der Waals surface area (Å²) in [6, 6.07) is 10.0. The second-order valence-corrected chi connectivity index (χ2v) is 4.18. The van der Waals surface area contributed by atoms with Gasteiger partial charge in [-0.25, -0.2) is 0 Å². The molecule has 0 bridgehead atoms. The molecular weight excluding hydrogens is 220 g/mol. The molecule has 2 nitrogen and oxygen atoms in total. The maximum absolute atomic E-state index is 6.10. The molecule has 2 rings (SSSR count). The largest absolute Gasteiger partial charge is 0.324 e. The molecular formula is C13H13ClN2. The molecule has 1 aromatic carbocycles. The fraction of sp³-hybridized carbons (Fsp3) is 0.154. The van der Waals surface area contributed by atoms with Crippen molar-refractivity contribution in [3.63, 3.8) is 0 Å². The van der Waals surface area contributed by atoms with Crippen molar-refractivity contribution in [3.8, 4) is 11.1 Å². The van der Waals surface area contributed by atoms with Gasteiger partial charge in [0.15, 0.2) is 0 Å². The normalized spacial score (nSPS) is 12.4. The number of hydrogen-bond donors (Lipinski definition) is 1. The second kappa shape index (κ2) is 4.64. The summed E-state index contributed by atoms with van der Waals surface area (Å²) < 4.78 is 0. The van der Waals surface area contributed by atoms with E-state index < -0.39 is 0 Å². The van der Waals surface area contributed by atoms with E-state index in [2.05, 4.69) is 11.1 Å². The third-order valence-electron chi connectivity index (χ3n) is 2.50. The molecule has 0 aliphatic heterocycles. The van der Waals surface area contributed by atoms with Crippen LogP contribution in [0.15, 0.2) is 42.7 Å². The molecule has 0 fully saturated rings. The average molecular weight is 233 g/mol. The van der Waals surface area contributed by atoms with E-state index in [1.807, 2.05) is 31.2 Å². The highest BCUT2D eigenvalue weighted by Gasteiger charge is 2.05. The minimum Gasteiger partial charge on any atom is -0.324 e. The molecule has 0 aliphatic carbocycles. The molecule has 3 heteroatoms. The molecule has 0 saturated carbocycles. The maximum atomic E-state index is 6.10. The summed E-state index contributed by atoms with van der Waals surface area (Å²) >= 11 is 6.10. The molecule has 2 N–H and O–H groups in total. The number of rotatable bonds is 2. The third-order valence-corrected chi connectivity index (χ3v) is 2.80. The minimum atomic E-state index is 0.0283. The lowest BCUT2D eigenvalue weighted by Crippen LogP contribution is -2.04. The number of nitrogens with zero attached hydrogens (tertiary/aromatic N) is 1. The average Bonchev–Trinajstić information content (AvgIpc) is 2.30. The van der Waals surface area contributed by atoms with Crippen LogP contribution in [0.5, 0.6) is 0 Å². The molecule has 16 heavy (non-hydrogen) atoms. The van der Waals surface area contributed by atoms with Crippen LogP contribution < -0.4 is 5.73 Å². The number of benzene rings is 1. The number of aromatic nitrogens is 1. The molecule has 0 radical (unpaired) electrons. The van der Waals surface area contributed by atoms with Gasteiger partial charge in [0.1, 0.15) is 0 Å². The van der Waals surface area contributed by atoms with Crippen LogP contribution in [0.2, 0.25) is 5.02 Å². The Morgan fingerprint density at radius 1 is 1.31 bits per heavy atom. The summed E-state index contributed by atoms with van der Waals surface area (Å²) in [5.74, 6) is 0. The van der Waals surface area contributed by atoms with Crippen molar-refractivity contribution >= 4 is 11.6 Å². The summed E-state index contributed by atoms with van der Waals surface area (Å²) in [5.41, 5.74) is 9.01. The Morgan fingerprint density at radius 3 is 2.81 bits per heavy atom. The van der Waals surface area contributed by atoms with Crippen molar-refractivity contribution in [2.24, 2.45) is 5.73 Å². The number of hydrogen-bond acceptors (Lipinski definition) is 2. The first-order valence-corrected chi connectivity index (χ1v) is 5.51. The number of nitrogens with two attached hydrogens (primary N) is 1. The van der Waals surface area contributed by atoms with Crippen LogP contribution in [0.25, 0.3) is 11.1 Å². The first-order chi connectivity index (χ1) is 7.68. The van der Waals surface area contributed by atoms with E-state index in [-0.39, 0.29) is 6.04 Å². The van der Waals surface area contributed by atoms with E-state index in [1.165, 1.54) is 0 Å². The van der Waals surface area contributed by atoms with Gasteiger partial charge in [0.25, 0.3) is 0 Å². The maximum Gasteiger partial charge on any atom is 0.0667 e. The highest BCUT2D eigenvalue weighted by Crippen LogP contribution is 2.28. The molecule has 2 aromatic rings. The van der Waals surface area contributed by atoms with E-state index >= 15 is 0 Å². The Kier molecular flexibility index (Phi) is 3.22. The standard InChI is InChI=1S/C13H13ClN2/c1-9(15)10-3-2-4-11(7-10)12-5-6-16-8-13(12)14/h2-9H,15H2,1H3/t9-/m0/s1. The third kappa shape index (κ3) is 2.23. The Morgan fingerprint density at radius 2 is 2.12 bits per heavy atom. The van der Waals surface area contributed by atoms with Crippen LogP contribution in [0.4, 0.5) is 0 Å². The Balaban J connectivity index is 2.49. The summed E-state index contributed by atoms with van der Waals surface area (Å²) in [6.07, 6.45) is 3.38. The zero-order chi connectivity index (χ0) is 11.5. The van der Waals surface area contributed by atoms with Gasteiger partial charge in [-0.15, -0.1) is 0 Å². The van der Waals surface area contributed by atoms with Gasteiger partial charge in [-0.2, -0.15) is 0 Å². The van der Waals surface area contributed by atoms with E-state index in [1.54, 1.807) is 12.4 Å². The van der Waals surface area contributed by atoms with Gasteiger partial charge in [-0.05, 0) is 30.2 Å². The molecule has 1 atom stereocenters. The first kappa shape index (κ1) is 11.1. The predicted octanol–water partition coefficient (Wildman–Crippen LogP) is 3.42. The van der Waals surface area contributed by atoms with Crippen LogP contribution in [-0.4, -0.2) is 4.98 Å². The molecule has 1 aromatic heterocycles. The van der Waals surface area contributed by atoms with Crippen molar-refractivity contribution in [1.29, 1.82) is 0 Å². The Labute approximate surface area is 100 Å². The van der Waals surface area contributed by atoms with Crippen molar-refractivity contribution in [3.05, 3.63) is 53.3 Å². The lowest BCUT2D eigenvalue weighted by atomic mass is 10.0.